The van der Waals surface area contributed by atoms with Gasteiger partial charge in [-0.2, -0.15) is 0 Å². The van der Waals surface area contributed by atoms with Gasteiger partial charge in [-0.15, -0.1) is 0 Å². The first-order chi connectivity index (χ1) is 6.09. The van der Waals surface area contributed by atoms with Crippen molar-refractivity contribution in [3.05, 3.63) is 35.4 Å². The van der Waals surface area contributed by atoms with Crippen molar-refractivity contribution < 1.29 is 8.78 Å². The molecule has 0 bridgehead atoms. The van der Waals surface area contributed by atoms with E-state index in [4.69, 9.17) is 0 Å². The lowest BCUT2D eigenvalue weighted by Crippen LogP contribution is -1.94. The second-order valence-electron chi connectivity index (χ2n) is 3.64. The lowest BCUT2D eigenvalue weighted by atomic mass is 10.0. The highest BCUT2D eigenvalue weighted by molar-refractivity contribution is 5.23. The molecule has 0 N–H and O–H groups in total. The quantitative estimate of drug-likeness (QED) is 0.669. The molecule has 0 saturated carbocycles. The van der Waals surface area contributed by atoms with Crippen molar-refractivity contribution in [2.24, 2.45) is 5.92 Å². The van der Waals surface area contributed by atoms with Crippen molar-refractivity contribution in [2.45, 2.75) is 26.7 Å². The van der Waals surface area contributed by atoms with Crippen LogP contribution in [0.4, 0.5) is 8.78 Å². The number of hydrogen-bond donors (Lipinski definition) is 0. The van der Waals surface area contributed by atoms with E-state index in [1.54, 1.807) is 12.1 Å². The third-order valence-corrected chi connectivity index (χ3v) is 1.88. The fourth-order valence-corrected chi connectivity index (χ4v) is 1.27. The van der Waals surface area contributed by atoms with Gasteiger partial charge in [0.25, 0.3) is 6.43 Å². The molecule has 0 radical (unpaired) electrons. The Bertz CT molecular complexity index is 249. The summed E-state index contributed by atoms with van der Waals surface area (Å²) in [4.78, 5) is 0. The first-order valence-corrected chi connectivity index (χ1v) is 4.46. The Hall–Kier alpha value is -0.920. The molecule has 2 heteroatoms. The van der Waals surface area contributed by atoms with E-state index in [1.165, 1.54) is 12.1 Å². The summed E-state index contributed by atoms with van der Waals surface area (Å²) in [5, 5.41) is 0. The van der Waals surface area contributed by atoms with Gasteiger partial charge in [0.05, 0.1) is 0 Å². The van der Waals surface area contributed by atoms with Crippen LogP contribution in [0.2, 0.25) is 0 Å². The summed E-state index contributed by atoms with van der Waals surface area (Å²) in [6.07, 6.45) is -1.41. The fourth-order valence-electron chi connectivity index (χ4n) is 1.27. The standard InChI is InChI=1S/C11H14F2/c1-8(2)7-9-3-5-10(6-4-9)11(12)13/h3-6,8,11H,7H2,1-2H3. The summed E-state index contributed by atoms with van der Waals surface area (Å²) in [5.41, 5.74) is 1.23. The highest BCUT2D eigenvalue weighted by atomic mass is 19.3. The normalized spacial score (nSPS) is 11.2. The molecule has 0 atom stereocenters. The lowest BCUT2D eigenvalue weighted by molar-refractivity contribution is 0.151. The Labute approximate surface area is 77.6 Å². The smallest absolute Gasteiger partial charge is 0.205 e. The van der Waals surface area contributed by atoms with Crippen LogP contribution in [0.1, 0.15) is 31.4 Å². The van der Waals surface area contributed by atoms with Crippen LogP contribution in [0, 0.1) is 5.92 Å². The van der Waals surface area contributed by atoms with Crippen molar-refractivity contribution >= 4 is 0 Å². The molecular weight excluding hydrogens is 170 g/mol. The van der Waals surface area contributed by atoms with Crippen molar-refractivity contribution in [1.82, 2.24) is 0 Å². The largest absolute Gasteiger partial charge is 0.263 e. The Kier molecular flexibility index (Phi) is 3.40. The van der Waals surface area contributed by atoms with Crippen LogP contribution < -0.4 is 0 Å². The molecule has 0 aliphatic rings. The van der Waals surface area contributed by atoms with E-state index >= 15 is 0 Å². The molecule has 0 aliphatic carbocycles. The van der Waals surface area contributed by atoms with Gasteiger partial charge >= 0.3 is 0 Å². The predicted molar refractivity (Wildman–Crippen MR) is 49.9 cm³/mol. The molecule has 0 heterocycles. The van der Waals surface area contributed by atoms with Crippen LogP contribution in [-0.2, 0) is 6.42 Å². The summed E-state index contributed by atoms with van der Waals surface area (Å²) >= 11 is 0. The van der Waals surface area contributed by atoms with Gasteiger partial charge < -0.3 is 0 Å². The molecule has 1 rings (SSSR count). The van der Waals surface area contributed by atoms with E-state index in [0.29, 0.717) is 5.92 Å². The Morgan fingerprint density at radius 3 is 2.00 bits per heavy atom. The lowest BCUT2D eigenvalue weighted by Gasteiger charge is -2.05. The molecule has 0 aromatic heterocycles. The molecule has 0 aliphatic heterocycles. The van der Waals surface area contributed by atoms with Gasteiger partial charge in [-0.1, -0.05) is 38.1 Å². The molecule has 0 fully saturated rings. The van der Waals surface area contributed by atoms with Gasteiger partial charge in [-0.25, -0.2) is 8.78 Å². The zero-order valence-electron chi connectivity index (χ0n) is 7.93. The van der Waals surface area contributed by atoms with Gasteiger partial charge in [0.15, 0.2) is 0 Å². The average molecular weight is 184 g/mol. The molecule has 1 aromatic rings. The minimum absolute atomic E-state index is 0.104. The first kappa shape index (κ1) is 10.2. The van der Waals surface area contributed by atoms with Crippen molar-refractivity contribution in [3.8, 4) is 0 Å². The van der Waals surface area contributed by atoms with Gasteiger partial charge in [0.1, 0.15) is 0 Å². The zero-order chi connectivity index (χ0) is 9.84. The second kappa shape index (κ2) is 4.35. The van der Waals surface area contributed by atoms with Crippen molar-refractivity contribution in [1.29, 1.82) is 0 Å². The topological polar surface area (TPSA) is 0 Å². The highest BCUT2D eigenvalue weighted by Crippen LogP contribution is 2.19. The second-order valence-corrected chi connectivity index (χ2v) is 3.64. The maximum atomic E-state index is 12.2. The van der Waals surface area contributed by atoms with Gasteiger partial charge in [0.2, 0.25) is 0 Å². The number of alkyl halides is 2. The number of halogens is 2. The van der Waals surface area contributed by atoms with Gasteiger partial charge in [-0.05, 0) is 17.9 Å². The third kappa shape index (κ3) is 3.13. The Morgan fingerprint density at radius 1 is 1.08 bits per heavy atom. The fraction of sp³-hybridized carbons (Fsp3) is 0.455. The molecule has 13 heavy (non-hydrogen) atoms. The van der Waals surface area contributed by atoms with Crippen LogP contribution in [0.5, 0.6) is 0 Å². The van der Waals surface area contributed by atoms with Crippen molar-refractivity contribution in [3.63, 3.8) is 0 Å². The van der Waals surface area contributed by atoms with E-state index in [1.807, 2.05) is 0 Å². The predicted octanol–water partition coefficient (Wildman–Crippen LogP) is 3.82. The Morgan fingerprint density at radius 2 is 1.62 bits per heavy atom. The maximum Gasteiger partial charge on any atom is 0.263 e. The van der Waals surface area contributed by atoms with Gasteiger partial charge in [-0.3, -0.25) is 0 Å². The van der Waals surface area contributed by atoms with E-state index in [2.05, 4.69) is 13.8 Å². The van der Waals surface area contributed by atoms with Crippen LogP contribution >= 0.6 is 0 Å². The summed E-state index contributed by atoms with van der Waals surface area (Å²) in [7, 11) is 0. The monoisotopic (exact) mass is 184 g/mol. The summed E-state index contributed by atoms with van der Waals surface area (Å²) < 4.78 is 24.3. The molecule has 0 unspecified atom stereocenters. The van der Waals surface area contributed by atoms with E-state index in [9.17, 15) is 8.78 Å². The summed E-state index contributed by atoms with van der Waals surface area (Å²) in [5.74, 6) is 0.567. The van der Waals surface area contributed by atoms with Crippen LogP contribution in [-0.4, -0.2) is 0 Å². The number of benzene rings is 1. The van der Waals surface area contributed by atoms with Gasteiger partial charge in [0, 0.05) is 5.56 Å². The van der Waals surface area contributed by atoms with E-state index < -0.39 is 6.43 Å². The van der Waals surface area contributed by atoms with Crippen LogP contribution in [0.15, 0.2) is 24.3 Å². The average Bonchev–Trinajstić information content (AvgIpc) is 2.04. The molecule has 0 saturated heterocycles. The number of rotatable bonds is 3. The molecule has 1 aromatic carbocycles. The van der Waals surface area contributed by atoms with Crippen LogP contribution in [0.25, 0.3) is 0 Å². The zero-order valence-corrected chi connectivity index (χ0v) is 7.93. The first-order valence-electron chi connectivity index (χ1n) is 4.46. The SMILES string of the molecule is CC(C)Cc1ccc(C(F)F)cc1. The highest BCUT2D eigenvalue weighted by Gasteiger charge is 2.05. The van der Waals surface area contributed by atoms with Crippen LogP contribution in [0.3, 0.4) is 0 Å². The molecule has 0 amide bonds. The number of hydrogen-bond acceptors (Lipinski definition) is 0. The molecule has 0 spiro atoms. The maximum absolute atomic E-state index is 12.2. The third-order valence-electron chi connectivity index (χ3n) is 1.88. The van der Waals surface area contributed by atoms with E-state index in [0.717, 1.165) is 12.0 Å². The molecule has 0 nitrogen and oxygen atoms in total. The minimum atomic E-state index is -2.35. The van der Waals surface area contributed by atoms with E-state index in [-0.39, 0.29) is 5.56 Å². The molecular formula is C11H14F2. The molecule has 72 valence electrons. The minimum Gasteiger partial charge on any atom is -0.205 e. The Balaban J connectivity index is 2.70. The summed E-state index contributed by atoms with van der Waals surface area (Å²) in [6, 6.07) is 6.56. The summed E-state index contributed by atoms with van der Waals surface area (Å²) in [6.45, 7) is 4.22. The van der Waals surface area contributed by atoms with Crippen molar-refractivity contribution in [2.75, 3.05) is 0 Å².